The van der Waals surface area contributed by atoms with E-state index in [4.69, 9.17) is 4.74 Å². The lowest BCUT2D eigenvalue weighted by atomic mass is 9.91. The molecule has 10 nitrogen and oxygen atoms in total. The Bertz CT molecular complexity index is 1400. The van der Waals surface area contributed by atoms with Gasteiger partial charge < -0.3 is 25.0 Å². The lowest BCUT2D eigenvalue weighted by molar-refractivity contribution is -0.117. The number of carbonyl (C=O) groups excluding carboxylic acids is 2. The molecular formula is C26H28F2N6O4. The molecule has 38 heavy (non-hydrogen) atoms. The quantitative estimate of drug-likeness (QED) is 0.526. The second-order valence-corrected chi connectivity index (χ2v) is 9.77. The number of amides is 2. The maximum absolute atomic E-state index is 14.4. The molecule has 2 aromatic carbocycles. The van der Waals surface area contributed by atoms with E-state index in [0.717, 1.165) is 5.69 Å². The van der Waals surface area contributed by atoms with Gasteiger partial charge in [-0.3, -0.25) is 9.59 Å². The summed E-state index contributed by atoms with van der Waals surface area (Å²) in [4.78, 5) is 28.9. The molecule has 0 saturated carbocycles. The van der Waals surface area contributed by atoms with E-state index < -0.39 is 17.2 Å². The highest BCUT2D eigenvalue weighted by atomic mass is 19.2. The van der Waals surface area contributed by atoms with Crippen molar-refractivity contribution >= 4 is 23.2 Å². The molecule has 1 unspecified atom stereocenters. The standard InChI is InChI=1S/C26H28F2N6O4/c1-15-24(35)29-18-12-16(4-6-20(18)32(15)2)25(36)33-10-8-26(37,9-11-33)14-34-13-19(30-31-34)17-5-7-21(38-3)23(28)22(17)27/h4-7,12-13,15,37H,8-11,14H2,1-3H3,(H,29,35). The number of methoxy groups -OCH3 is 1. The second-order valence-electron chi connectivity index (χ2n) is 9.77. The Hall–Kier alpha value is -4.06. The lowest BCUT2D eigenvalue weighted by Crippen LogP contribution is -2.48. The minimum atomic E-state index is -1.16. The summed E-state index contributed by atoms with van der Waals surface area (Å²) in [6.07, 6.45) is 2.03. The summed E-state index contributed by atoms with van der Waals surface area (Å²) in [5.74, 6) is -2.74. The Labute approximate surface area is 217 Å². The molecule has 0 bridgehead atoms. The van der Waals surface area contributed by atoms with Gasteiger partial charge in [-0.15, -0.1) is 5.10 Å². The van der Waals surface area contributed by atoms with Crippen LogP contribution in [0.15, 0.2) is 36.5 Å². The maximum Gasteiger partial charge on any atom is 0.253 e. The van der Waals surface area contributed by atoms with Gasteiger partial charge in [0.15, 0.2) is 11.6 Å². The van der Waals surface area contributed by atoms with Crippen molar-refractivity contribution < 1.29 is 28.2 Å². The lowest BCUT2D eigenvalue weighted by Gasteiger charge is -2.38. The molecule has 1 fully saturated rings. The van der Waals surface area contributed by atoms with E-state index in [9.17, 15) is 23.5 Å². The molecule has 0 spiro atoms. The summed E-state index contributed by atoms with van der Waals surface area (Å²) in [5, 5.41) is 21.9. The highest BCUT2D eigenvalue weighted by Gasteiger charge is 2.36. The van der Waals surface area contributed by atoms with E-state index in [0.29, 0.717) is 37.2 Å². The molecule has 0 radical (unpaired) electrons. The number of fused-ring (bicyclic) bond motifs is 1. The first-order valence-electron chi connectivity index (χ1n) is 12.2. The molecule has 5 rings (SSSR count). The fraction of sp³-hybridized carbons (Fsp3) is 0.385. The average Bonchev–Trinajstić information content (AvgIpc) is 3.36. The molecule has 1 saturated heterocycles. The van der Waals surface area contributed by atoms with Crippen LogP contribution < -0.4 is 15.0 Å². The highest BCUT2D eigenvalue weighted by molar-refractivity contribution is 6.05. The fourth-order valence-electron chi connectivity index (χ4n) is 4.85. The Morgan fingerprint density at radius 2 is 1.95 bits per heavy atom. The number of anilines is 2. The Morgan fingerprint density at radius 3 is 2.66 bits per heavy atom. The smallest absolute Gasteiger partial charge is 0.253 e. The number of piperidine rings is 1. The number of aromatic nitrogens is 3. The van der Waals surface area contributed by atoms with Crippen molar-refractivity contribution in [1.29, 1.82) is 0 Å². The third-order valence-electron chi connectivity index (χ3n) is 7.36. The van der Waals surface area contributed by atoms with Gasteiger partial charge in [-0.2, -0.15) is 4.39 Å². The van der Waals surface area contributed by atoms with Gasteiger partial charge in [-0.05, 0) is 50.1 Å². The minimum Gasteiger partial charge on any atom is -0.494 e. The van der Waals surface area contributed by atoms with Gasteiger partial charge in [-0.1, -0.05) is 5.21 Å². The Morgan fingerprint density at radius 1 is 1.21 bits per heavy atom. The third-order valence-corrected chi connectivity index (χ3v) is 7.36. The maximum atomic E-state index is 14.4. The first kappa shape index (κ1) is 25.6. The van der Waals surface area contributed by atoms with Crippen LogP contribution in [-0.2, 0) is 11.3 Å². The first-order chi connectivity index (χ1) is 18.1. The van der Waals surface area contributed by atoms with E-state index in [1.807, 2.05) is 24.9 Å². The number of nitrogens with zero attached hydrogens (tertiary/aromatic N) is 5. The molecule has 2 N–H and O–H groups in total. The SMILES string of the molecule is COc1ccc(-c2cn(CC3(O)CCN(C(=O)c4ccc5c(c4)NC(=O)C(C)N5C)CC3)nn2)c(F)c1F. The summed E-state index contributed by atoms with van der Waals surface area (Å²) in [6.45, 7) is 2.52. The molecule has 3 heterocycles. The predicted octanol–water partition coefficient (Wildman–Crippen LogP) is 2.68. The number of likely N-dealkylation sites (N-methyl/N-ethyl adjacent to an activating group) is 1. The van der Waals surface area contributed by atoms with Crippen LogP contribution in [0.2, 0.25) is 0 Å². The number of rotatable bonds is 5. The monoisotopic (exact) mass is 526 g/mol. The zero-order valence-corrected chi connectivity index (χ0v) is 21.2. The van der Waals surface area contributed by atoms with Crippen molar-refractivity contribution in [1.82, 2.24) is 19.9 Å². The zero-order valence-electron chi connectivity index (χ0n) is 21.2. The molecule has 0 aliphatic carbocycles. The summed E-state index contributed by atoms with van der Waals surface area (Å²) >= 11 is 0. The fourth-order valence-corrected chi connectivity index (χ4v) is 4.85. The predicted molar refractivity (Wildman–Crippen MR) is 135 cm³/mol. The third kappa shape index (κ3) is 4.55. The minimum absolute atomic E-state index is 0.0659. The van der Waals surface area contributed by atoms with E-state index >= 15 is 0 Å². The van der Waals surface area contributed by atoms with E-state index in [-0.39, 0.29) is 41.4 Å². The molecule has 1 atom stereocenters. The van der Waals surface area contributed by atoms with Crippen molar-refractivity contribution in [3.8, 4) is 17.0 Å². The summed E-state index contributed by atoms with van der Waals surface area (Å²) in [7, 11) is 3.08. The number of halogens is 2. The molecular weight excluding hydrogens is 498 g/mol. The number of nitrogens with one attached hydrogen (secondary N) is 1. The first-order valence-corrected chi connectivity index (χ1v) is 12.2. The molecule has 2 amide bonds. The van der Waals surface area contributed by atoms with E-state index in [1.165, 1.54) is 30.1 Å². The van der Waals surface area contributed by atoms with Gasteiger partial charge in [0, 0.05) is 31.3 Å². The summed E-state index contributed by atoms with van der Waals surface area (Å²) in [5.41, 5.74) is 0.778. The van der Waals surface area contributed by atoms with Crippen LogP contribution in [0.4, 0.5) is 20.2 Å². The summed E-state index contributed by atoms with van der Waals surface area (Å²) < 4.78 is 34.7. The Kier molecular flexibility index (Phi) is 6.51. The van der Waals surface area contributed by atoms with Crippen LogP contribution in [0, 0.1) is 11.6 Å². The van der Waals surface area contributed by atoms with E-state index in [2.05, 4.69) is 15.6 Å². The number of hydrogen-bond donors (Lipinski definition) is 2. The van der Waals surface area contributed by atoms with Gasteiger partial charge in [0.05, 0.1) is 36.8 Å². The van der Waals surface area contributed by atoms with Gasteiger partial charge >= 0.3 is 0 Å². The highest BCUT2D eigenvalue weighted by Crippen LogP contribution is 2.33. The van der Waals surface area contributed by atoms with Gasteiger partial charge in [-0.25, -0.2) is 9.07 Å². The van der Waals surface area contributed by atoms with Crippen LogP contribution in [0.3, 0.4) is 0 Å². The van der Waals surface area contributed by atoms with E-state index in [1.54, 1.807) is 17.0 Å². The van der Waals surface area contributed by atoms with Crippen molar-refractivity contribution in [2.45, 2.75) is 38.0 Å². The number of likely N-dealkylation sites (tertiary alicyclic amines) is 1. The number of hydrogen-bond acceptors (Lipinski definition) is 7. The van der Waals surface area contributed by atoms with Crippen LogP contribution in [0.5, 0.6) is 5.75 Å². The van der Waals surface area contributed by atoms with Crippen molar-refractivity contribution in [2.24, 2.45) is 0 Å². The average molecular weight is 527 g/mol. The number of aliphatic hydroxyl groups is 1. The molecule has 3 aromatic rings. The number of carbonyl (C=O) groups is 2. The second kappa shape index (κ2) is 9.67. The molecule has 12 heteroatoms. The molecule has 2 aliphatic heterocycles. The molecule has 2 aliphatic rings. The largest absolute Gasteiger partial charge is 0.494 e. The normalized spacial score (nSPS) is 18.7. The Balaban J connectivity index is 1.24. The summed E-state index contributed by atoms with van der Waals surface area (Å²) in [6, 6.07) is 7.59. The van der Waals surface area contributed by atoms with Gasteiger partial charge in [0.25, 0.3) is 5.91 Å². The van der Waals surface area contributed by atoms with Gasteiger partial charge in [0.1, 0.15) is 11.7 Å². The van der Waals surface area contributed by atoms with Crippen molar-refractivity contribution in [3.63, 3.8) is 0 Å². The zero-order chi connectivity index (χ0) is 27.2. The van der Waals surface area contributed by atoms with Crippen molar-refractivity contribution in [3.05, 3.63) is 53.7 Å². The van der Waals surface area contributed by atoms with Crippen LogP contribution in [0.1, 0.15) is 30.1 Å². The number of ether oxygens (including phenoxy) is 1. The topological polar surface area (TPSA) is 113 Å². The van der Waals surface area contributed by atoms with Crippen molar-refractivity contribution in [2.75, 3.05) is 37.5 Å². The molecule has 1 aromatic heterocycles. The molecule has 200 valence electrons. The van der Waals surface area contributed by atoms with Crippen LogP contribution in [0.25, 0.3) is 11.3 Å². The van der Waals surface area contributed by atoms with Crippen LogP contribution in [-0.4, -0.2) is 75.7 Å². The van der Waals surface area contributed by atoms with Crippen LogP contribution >= 0.6 is 0 Å². The number of benzene rings is 2. The van der Waals surface area contributed by atoms with Gasteiger partial charge in [0.2, 0.25) is 11.7 Å².